The van der Waals surface area contributed by atoms with Gasteiger partial charge in [0.25, 0.3) is 0 Å². The molecule has 0 aliphatic rings. The molecule has 0 saturated heterocycles. The van der Waals surface area contributed by atoms with Crippen LogP contribution < -0.4 is 0 Å². The van der Waals surface area contributed by atoms with Gasteiger partial charge in [-0.25, -0.2) is 0 Å². The summed E-state index contributed by atoms with van der Waals surface area (Å²) in [6.07, 6.45) is 16.8. The number of hydrogen-bond acceptors (Lipinski definition) is 1. The van der Waals surface area contributed by atoms with Crippen LogP contribution in [0.3, 0.4) is 0 Å². The highest BCUT2D eigenvalue weighted by Gasteiger charge is 2.14. The Hall–Kier alpha value is -0.690. The van der Waals surface area contributed by atoms with Crippen molar-refractivity contribution in [2.75, 3.05) is 6.54 Å². The molecule has 0 aliphatic heterocycles. The third-order valence-corrected chi connectivity index (χ3v) is 3.62. The van der Waals surface area contributed by atoms with E-state index in [4.69, 9.17) is 7.74 Å². The summed E-state index contributed by atoms with van der Waals surface area (Å²) in [5, 5.41) is 0. The zero-order chi connectivity index (χ0) is 15.2. The van der Waals surface area contributed by atoms with Crippen LogP contribution in [0.5, 0.6) is 0 Å². The van der Waals surface area contributed by atoms with E-state index in [9.17, 15) is 0 Å². The number of unbranched alkanes of at least 4 members (excludes halogenated alkanes) is 2. The second-order valence-corrected chi connectivity index (χ2v) is 5.13. The lowest BCUT2D eigenvalue weighted by Gasteiger charge is -2.31. The average Bonchev–Trinajstić information content (AvgIpc) is 2.48. The van der Waals surface area contributed by atoms with E-state index in [0.717, 1.165) is 13.0 Å². The van der Waals surface area contributed by atoms with Gasteiger partial charge in [0, 0.05) is 14.3 Å². The van der Waals surface area contributed by atoms with Crippen molar-refractivity contribution in [1.29, 1.82) is 0 Å². The molecule has 3 heteroatoms. The third-order valence-electron chi connectivity index (χ3n) is 3.62. The minimum absolute atomic E-state index is 0.552. The predicted octanol–water partition coefficient (Wildman–Crippen LogP) is 4.43. The Kier molecular flexibility index (Phi) is 12.8. The Labute approximate surface area is 128 Å². The highest BCUT2D eigenvalue weighted by atomic mass is 15.1. The molecule has 1 atom stereocenters. The van der Waals surface area contributed by atoms with E-state index in [1.807, 2.05) is 13.0 Å². The van der Waals surface area contributed by atoms with Crippen LogP contribution in [0.1, 0.15) is 59.8 Å². The molecule has 1 unspecified atom stereocenters. The van der Waals surface area contributed by atoms with Gasteiger partial charge >= 0.3 is 0 Å². The van der Waals surface area contributed by atoms with Crippen LogP contribution in [0.25, 0.3) is 0 Å². The summed E-state index contributed by atoms with van der Waals surface area (Å²) in [5.41, 5.74) is 1.30. The van der Waals surface area contributed by atoms with E-state index in [-0.39, 0.29) is 0 Å². The topological polar surface area (TPSA) is 3.24 Å². The van der Waals surface area contributed by atoms with Gasteiger partial charge in [0.1, 0.15) is 7.31 Å². The first-order valence-electron chi connectivity index (χ1n) is 7.98. The zero-order valence-corrected chi connectivity index (χ0v) is 13.8. The predicted molar refractivity (Wildman–Crippen MR) is 94.1 cm³/mol. The van der Waals surface area contributed by atoms with Gasteiger partial charge in [-0.3, -0.25) is 0 Å². The molecule has 0 saturated carbocycles. The smallest absolute Gasteiger partial charge is 0.149 e. The fraction of sp³-hybridized carbons (Fsp3) is 0.647. The van der Waals surface area contributed by atoms with E-state index in [2.05, 4.69) is 49.9 Å². The van der Waals surface area contributed by atoms with Crippen molar-refractivity contribution in [3.05, 3.63) is 36.0 Å². The maximum atomic E-state index is 5.85. The highest BCUT2D eigenvalue weighted by Crippen LogP contribution is 2.14. The molecule has 0 rings (SSSR count). The summed E-state index contributed by atoms with van der Waals surface area (Å²) in [6.45, 7) is 9.50. The summed E-state index contributed by atoms with van der Waals surface area (Å²) in [4.78, 5) is 2.28. The van der Waals surface area contributed by atoms with Crippen molar-refractivity contribution >= 4 is 15.0 Å². The van der Waals surface area contributed by atoms with Gasteiger partial charge in [0.05, 0.1) is 0 Å². The summed E-state index contributed by atoms with van der Waals surface area (Å²) >= 11 is 0. The number of nitrogens with zero attached hydrogens (tertiary/aromatic N) is 1. The number of allylic oxidation sites excluding steroid dienone is 4. The van der Waals surface area contributed by atoms with Crippen LogP contribution in [0.2, 0.25) is 0 Å². The van der Waals surface area contributed by atoms with Crippen LogP contribution in [0, 0.1) is 0 Å². The van der Waals surface area contributed by atoms with Crippen molar-refractivity contribution < 1.29 is 0 Å². The van der Waals surface area contributed by atoms with Crippen molar-refractivity contribution in [3.8, 4) is 0 Å². The van der Waals surface area contributed by atoms with Crippen molar-refractivity contribution in [2.45, 2.75) is 65.8 Å². The Morgan fingerprint density at radius 2 is 1.95 bits per heavy atom. The molecule has 20 heavy (non-hydrogen) atoms. The SMILES string of the molecule is [B][B]N(CC(/C=C\C=C/C)=C/C)C(CC)CCCCC. The lowest BCUT2D eigenvalue weighted by atomic mass is 9.64. The summed E-state index contributed by atoms with van der Waals surface area (Å²) in [6, 6.07) is 0.552. The molecule has 0 aliphatic carbocycles. The molecule has 0 N–H and O–H groups in total. The van der Waals surface area contributed by atoms with E-state index in [1.165, 1.54) is 31.3 Å². The quantitative estimate of drug-likeness (QED) is 0.305. The van der Waals surface area contributed by atoms with Crippen LogP contribution in [0.4, 0.5) is 0 Å². The van der Waals surface area contributed by atoms with Gasteiger partial charge in [-0.2, -0.15) is 0 Å². The van der Waals surface area contributed by atoms with Gasteiger partial charge < -0.3 is 4.81 Å². The van der Waals surface area contributed by atoms with Crippen molar-refractivity contribution in [3.63, 3.8) is 0 Å². The first kappa shape index (κ1) is 19.3. The minimum atomic E-state index is 0.552. The molecule has 0 aromatic carbocycles. The highest BCUT2D eigenvalue weighted by molar-refractivity contribution is 6.87. The molecule has 1 nitrogen and oxygen atoms in total. The van der Waals surface area contributed by atoms with E-state index in [0.29, 0.717) is 6.04 Å². The second-order valence-electron chi connectivity index (χ2n) is 5.13. The lowest BCUT2D eigenvalue weighted by molar-refractivity contribution is 0.320. The Balaban J connectivity index is 4.53. The van der Waals surface area contributed by atoms with Gasteiger partial charge in [0.15, 0.2) is 0 Å². The van der Waals surface area contributed by atoms with Crippen LogP contribution >= 0.6 is 0 Å². The first-order chi connectivity index (χ1) is 9.73. The lowest BCUT2D eigenvalue weighted by Crippen LogP contribution is -2.39. The van der Waals surface area contributed by atoms with Gasteiger partial charge in [0.2, 0.25) is 0 Å². The van der Waals surface area contributed by atoms with E-state index in [1.54, 1.807) is 7.31 Å². The standard InChI is InChI=1S/C17H30B2N/c1-5-9-11-13-16(7-3)15-20(19-18)17(8-4)14-12-10-6-2/h5,7,9,11,13,17H,6,8,10,12,14-15H2,1-4H3/b9-5-,13-11-,16-7+. The van der Waals surface area contributed by atoms with Gasteiger partial charge in [-0.15, -0.1) is 0 Å². The molecule has 3 radical (unpaired) electrons. The normalized spacial score (nSPS) is 14.6. The number of hydrogen-bond donors (Lipinski definition) is 0. The molecule has 0 heterocycles. The van der Waals surface area contributed by atoms with Gasteiger partial charge in [-0.05, 0) is 38.3 Å². The summed E-state index contributed by atoms with van der Waals surface area (Å²) in [5.74, 6) is 0. The molecule has 0 aromatic heterocycles. The summed E-state index contributed by atoms with van der Waals surface area (Å²) < 4.78 is 0. The minimum Gasteiger partial charge on any atom is -0.350 e. The Morgan fingerprint density at radius 3 is 2.45 bits per heavy atom. The fourth-order valence-electron chi connectivity index (χ4n) is 2.28. The van der Waals surface area contributed by atoms with Crippen molar-refractivity contribution in [2.24, 2.45) is 0 Å². The van der Waals surface area contributed by atoms with E-state index >= 15 is 0 Å². The third kappa shape index (κ3) is 8.47. The molecule has 0 fully saturated rings. The second kappa shape index (κ2) is 13.3. The molecule has 0 bridgehead atoms. The Bertz CT molecular complexity index is 308. The number of rotatable bonds is 11. The van der Waals surface area contributed by atoms with E-state index < -0.39 is 0 Å². The Morgan fingerprint density at radius 1 is 1.20 bits per heavy atom. The molecular formula is C17H30B2N. The maximum absolute atomic E-state index is 5.85. The molecule has 109 valence electrons. The van der Waals surface area contributed by atoms with Crippen LogP contribution in [-0.4, -0.2) is 32.4 Å². The average molecular weight is 270 g/mol. The monoisotopic (exact) mass is 270 g/mol. The first-order valence-corrected chi connectivity index (χ1v) is 7.98. The fourth-order valence-corrected chi connectivity index (χ4v) is 2.28. The summed E-state index contributed by atoms with van der Waals surface area (Å²) in [7, 11) is 7.60. The largest absolute Gasteiger partial charge is 0.350 e. The van der Waals surface area contributed by atoms with Crippen molar-refractivity contribution in [1.82, 2.24) is 4.81 Å². The molecule has 0 spiro atoms. The maximum Gasteiger partial charge on any atom is 0.149 e. The molecular weight excluding hydrogens is 240 g/mol. The molecule has 0 amide bonds. The van der Waals surface area contributed by atoms with Crippen LogP contribution in [-0.2, 0) is 0 Å². The van der Waals surface area contributed by atoms with Crippen LogP contribution in [0.15, 0.2) is 36.0 Å². The zero-order valence-electron chi connectivity index (χ0n) is 13.8. The molecule has 0 aromatic rings. The van der Waals surface area contributed by atoms with Gasteiger partial charge in [-0.1, -0.05) is 63.5 Å².